The second-order valence-corrected chi connectivity index (χ2v) is 13.3. The zero-order valence-corrected chi connectivity index (χ0v) is 26.2. The summed E-state index contributed by atoms with van der Waals surface area (Å²) >= 11 is 0. The van der Waals surface area contributed by atoms with E-state index in [0.717, 1.165) is 69.7 Å². The van der Waals surface area contributed by atoms with Gasteiger partial charge in [-0.3, -0.25) is 9.78 Å². The first-order valence-corrected chi connectivity index (χ1v) is 16.0. The summed E-state index contributed by atoms with van der Waals surface area (Å²) in [7, 11) is 2.13. The number of aromatic nitrogens is 3. The van der Waals surface area contributed by atoms with Gasteiger partial charge >= 0.3 is 0 Å². The molecule has 3 fully saturated rings. The molecule has 0 N–H and O–H groups in total. The number of hydrogen-bond acceptors (Lipinski definition) is 9. The number of carbonyl (C=O) groups is 1. The molecule has 0 atom stereocenters. The van der Waals surface area contributed by atoms with E-state index in [0.29, 0.717) is 30.3 Å². The Morgan fingerprint density at radius 1 is 1.11 bits per heavy atom. The van der Waals surface area contributed by atoms with Gasteiger partial charge in [0, 0.05) is 86.8 Å². The van der Waals surface area contributed by atoms with Crippen LogP contribution in [0.4, 0.5) is 10.2 Å². The summed E-state index contributed by atoms with van der Waals surface area (Å²) in [6.07, 6.45) is 9.53. The zero-order valence-electron chi connectivity index (χ0n) is 26.2. The molecule has 2 saturated heterocycles. The van der Waals surface area contributed by atoms with Crippen molar-refractivity contribution in [3.8, 4) is 17.2 Å². The van der Waals surface area contributed by atoms with Crippen molar-refractivity contribution >= 4 is 11.7 Å². The Balaban J connectivity index is 1.03. The first-order chi connectivity index (χ1) is 21.8. The topological polar surface area (TPSA) is 93.2 Å². The molecule has 3 aromatic rings. The summed E-state index contributed by atoms with van der Waals surface area (Å²) in [5, 5.41) is 0. The Labute approximate surface area is 263 Å². The largest absolute Gasteiger partial charge is 0.490 e. The predicted molar refractivity (Wildman–Crippen MR) is 166 cm³/mol. The number of benzene rings is 1. The summed E-state index contributed by atoms with van der Waals surface area (Å²) in [4.78, 5) is 33.6. The molecule has 0 unspecified atom stereocenters. The van der Waals surface area contributed by atoms with E-state index in [1.807, 2.05) is 31.0 Å². The average molecular weight is 617 g/mol. The van der Waals surface area contributed by atoms with Crippen LogP contribution in [0.2, 0.25) is 0 Å². The number of anilines is 1. The van der Waals surface area contributed by atoms with Gasteiger partial charge in [-0.15, -0.1) is 0 Å². The van der Waals surface area contributed by atoms with Crippen LogP contribution in [0.25, 0.3) is 0 Å². The fourth-order valence-corrected chi connectivity index (χ4v) is 7.42. The zero-order chi connectivity index (χ0) is 31.1. The molecule has 4 aliphatic rings. The van der Waals surface area contributed by atoms with Crippen LogP contribution >= 0.6 is 0 Å². The SMILES string of the molecule is CC(C)N(C(=O)c1ccc(F)cc1Oc1cncnc1N1CC2(CC(Oc3ccnc4c3CN(C)CC4)C2)C1)C1CCOCC1. The Bertz CT molecular complexity index is 1550. The molecule has 1 saturated carbocycles. The number of carbonyl (C=O) groups excluding carboxylic acids is 1. The fourth-order valence-electron chi connectivity index (χ4n) is 7.42. The summed E-state index contributed by atoms with van der Waals surface area (Å²) in [5.74, 6) is 1.49. The molecule has 10 nitrogen and oxygen atoms in total. The number of halogens is 1. The summed E-state index contributed by atoms with van der Waals surface area (Å²) < 4.78 is 32.8. The third kappa shape index (κ3) is 5.95. The lowest BCUT2D eigenvalue weighted by molar-refractivity contribution is -0.0352. The highest BCUT2D eigenvalue weighted by atomic mass is 19.1. The molecule has 238 valence electrons. The summed E-state index contributed by atoms with van der Waals surface area (Å²) in [6, 6.07) is 6.10. The number of rotatable bonds is 8. The minimum atomic E-state index is -0.479. The van der Waals surface area contributed by atoms with Crippen LogP contribution in [-0.4, -0.2) is 88.7 Å². The molecule has 0 radical (unpaired) electrons. The molecule has 1 aliphatic carbocycles. The number of likely N-dealkylation sites (N-methyl/N-ethyl adjacent to an activating group) is 1. The van der Waals surface area contributed by atoms with E-state index >= 15 is 0 Å². The van der Waals surface area contributed by atoms with Gasteiger partial charge in [-0.2, -0.15) is 0 Å². The summed E-state index contributed by atoms with van der Waals surface area (Å²) in [5.41, 5.74) is 2.84. The van der Waals surface area contributed by atoms with Gasteiger partial charge in [0.2, 0.25) is 0 Å². The van der Waals surface area contributed by atoms with Crippen molar-refractivity contribution in [3.63, 3.8) is 0 Å². The molecule has 1 aromatic carbocycles. The quantitative estimate of drug-likeness (QED) is 0.352. The normalized spacial score (nSPS) is 20.0. The average Bonchev–Trinajstić information content (AvgIpc) is 2.99. The maximum atomic E-state index is 14.5. The Morgan fingerprint density at radius 3 is 2.69 bits per heavy atom. The molecule has 5 heterocycles. The third-order valence-corrected chi connectivity index (χ3v) is 9.66. The molecule has 1 amide bonds. The molecule has 1 spiro atoms. The highest BCUT2D eigenvalue weighted by molar-refractivity contribution is 5.97. The van der Waals surface area contributed by atoms with Gasteiger partial charge in [0.1, 0.15) is 29.7 Å². The van der Waals surface area contributed by atoms with Crippen LogP contribution in [-0.2, 0) is 17.7 Å². The van der Waals surface area contributed by atoms with E-state index < -0.39 is 5.82 Å². The van der Waals surface area contributed by atoms with E-state index in [1.165, 1.54) is 30.1 Å². The molecule has 11 heteroatoms. The van der Waals surface area contributed by atoms with Crippen LogP contribution in [0.5, 0.6) is 17.2 Å². The van der Waals surface area contributed by atoms with Crippen LogP contribution < -0.4 is 14.4 Å². The van der Waals surface area contributed by atoms with E-state index in [2.05, 4.69) is 31.8 Å². The van der Waals surface area contributed by atoms with Crippen molar-refractivity contribution in [1.82, 2.24) is 24.8 Å². The standard InChI is InChI=1S/C34H41FN6O4/c1-22(2)41(24-8-12-43-13-9-24)33(42)26-5-4-23(35)14-30(26)45-31-17-36-21-38-32(31)40-19-34(20-40)15-25(16-34)44-29-6-10-37-28-7-11-39(3)18-27(28)29/h4-6,10,14,17,21-22,24-25H,7-9,11-13,15-16,18-20H2,1-3H3. The van der Waals surface area contributed by atoms with Gasteiger partial charge in [-0.25, -0.2) is 14.4 Å². The number of nitrogens with zero attached hydrogens (tertiary/aromatic N) is 6. The number of fused-ring (bicyclic) bond motifs is 1. The van der Waals surface area contributed by atoms with E-state index in [1.54, 1.807) is 6.20 Å². The van der Waals surface area contributed by atoms with Gasteiger partial charge in [0.05, 0.1) is 11.8 Å². The number of pyridine rings is 1. The van der Waals surface area contributed by atoms with Crippen molar-refractivity contribution < 1.29 is 23.4 Å². The summed E-state index contributed by atoms with van der Waals surface area (Å²) in [6.45, 7) is 8.75. The monoisotopic (exact) mass is 616 g/mol. The van der Waals surface area contributed by atoms with Crippen LogP contribution in [0.3, 0.4) is 0 Å². The van der Waals surface area contributed by atoms with Gasteiger partial charge < -0.3 is 28.9 Å². The van der Waals surface area contributed by atoms with Gasteiger partial charge in [-0.05, 0) is 64.8 Å². The molecular weight excluding hydrogens is 575 g/mol. The molecule has 3 aliphatic heterocycles. The number of hydrogen-bond donors (Lipinski definition) is 0. The van der Waals surface area contributed by atoms with Gasteiger partial charge in [0.15, 0.2) is 11.6 Å². The van der Waals surface area contributed by atoms with Gasteiger partial charge in [-0.1, -0.05) is 0 Å². The second-order valence-electron chi connectivity index (χ2n) is 13.3. The second kappa shape index (κ2) is 12.2. The van der Waals surface area contributed by atoms with Crippen molar-refractivity contribution in [2.24, 2.45) is 5.41 Å². The van der Waals surface area contributed by atoms with Crippen LogP contribution in [0.1, 0.15) is 61.1 Å². The van der Waals surface area contributed by atoms with Crippen molar-refractivity contribution in [1.29, 1.82) is 0 Å². The lowest BCUT2D eigenvalue weighted by Crippen LogP contribution is -2.65. The maximum absolute atomic E-state index is 14.5. The Hall–Kier alpha value is -3.83. The smallest absolute Gasteiger partial charge is 0.258 e. The lowest BCUT2D eigenvalue weighted by atomic mass is 9.61. The molecule has 0 bridgehead atoms. The molecule has 7 rings (SSSR count). The van der Waals surface area contributed by atoms with Crippen LogP contribution in [0, 0.1) is 11.2 Å². The fraction of sp³-hybridized carbons (Fsp3) is 0.529. The maximum Gasteiger partial charge on any atom is 0.258 e. The van der Waals surface area contributed by atoms with Gasteiger partial charge in [0.25, 0.3) is 5.91 Å². The minimum absolute atomic E-state index is 0.0352. The Morgan fingerprint density at radius 2 is 1.91 bits per heavy atom. The first-order valence-electron chi connectivity index (χ1n) is 16.0. The minimum Gasteiger partial charge on any atom is -0.490 e. The Kier molecular flexibility index (Phi) is 8.07. The van der Waals surface area contributed by atoms with Crippen molar-refractivity contribution in [3.05, 3.63) is 65.6 Å². The van der Waals surface area contributed by atoms with Crippen molar-refractivity contribution in [2.45, 2.75) is 70.7 Å². The number of amides is 1. The van der Waals surface area contributed by atoms with E-state index in [4.69, 9.17) is 14.2 Å². The predicted octanol–water partition coefficient (Wildman–Crippen LogP) is 4.87. The molecular formula is C34H41FN6O4. The van der Waals surface area contributed by atoms with E-state index in [-0.39, 0.29) is 35.3 Å². The van der Waals surface area contributed by atoms with E-state index in [9.17, 15) is 9.18 Å². The third-order valence-electron chi connectivity index (χ3n) is 9.66. The molecule has 45 heavy (non-hydrogen) atoms. The van der Waals surface area contributed by atoms with Crippen molar-refractivity contribution in [2.75, 3.05) is 44.8 Å². The highest BCUT2D eigenvalue weighted by Gasteiger charge is 2.54. The first kappa shape index (κ1) is 29.9. The lowest BCUT2D eigenvalue weighted by Gasteiger charge is -2.59. The molecule has 2 aromatic heterocycles. The highest BCUT2D eigenvalue weighted by Crippen LogP contribution is 2.52. The number of ether oxygens (including phenoxy) is 3. The van der Waals surface area contributed by atoms with Crippen LogP contribution in [0.15, 0.2) is 43.0 Å².